The van der Waals surface area contributed by atoms with Crippen LogP contribution in [0.15, 0.2) is 17.5 Å². The molecule has 1 aromatic heterocycles. The highest BCUT2D eigenvalue weighted by molar-refractivity contribution is 7.17. The van der Waals surface area contributed by atoms with Crippen molar-refractivity contribution in [1.82, 2.24) is 0 Å². The molecule has 0 N–H and O–H groups in total. The van der Waals surface area contributed by atoms with Gasteiger partial charge in [0.15, 0.2) is 0 Å². The van der Waals surface area contributed by atoms with Gasteiger partial charge in [-0.1, -0.05) is 6.92 Å². The SMILES string of the molecule is CCc1c(F)cc2ccsc2c1F. The number of hydrogen-bond donors (Lipinski definition) is 0. The fourth-order valence-corrected chi connectivity index (χ4v) is 2.24. The summed E-state index contributed by atoms with van der Waals surface area (Å²) in [5, 5.41) is 2.42. The zero-order valence-corrected chi connectivity index (χ0v) is 7.92. The molecule has 68 valence electrons. The molecule has 0 unspecified atom stereocenters. The molecule has 0 atom stereocenters. The summed E-state index contributed by atoms with van der Waals surface area (Å²) in [6.07, 6.45) is 0.394. The first kappa shape index (κ1) is 8.63. The first-order valence-corrected chi connectivity index (χ1v) is 4.96. The fraction of sp³-hybridized carbons (Fsp3) is 0.200. The smallest absolute Gasteiger partial charge is 0.147 e. The van der Waals surface area contributed by atoms with Gasteiger partial charge in [-0.2, -0.15) is 0 Å². The first-order valence-electron chi connectivity index (χ1n) is 4.08. The zero-order valence-electron chi connectivity index (χ0n) is 7.10. The maximum absolute atomic E-state index is 13.5. The minimum Gasteiger partial charge on any atom is -0.207 e. The van der Waals surface area contributed by atoms with Crippen LogP contribution < -0.4 is 0 Å². The number of fused-ring (bicyclic) bond motifs is 1. The minimum atomic E-state index is -0.439. The second-order valence-electron chi connectivity index (χ2n) is 2.84. The second kappa shape index (κ2) is 3.07. The van der Waals surface area contributed by atoms with Crippen molar-refractivity contribution in [3.05, 3.63) is 34.7 Å². The minimum absolute atomic E-state index is 0.190. The molecular weight excluding hydrogens is 190 g/mol. The Bertz CT molecular complexity index is 445. The molecular formula is C10H8F2S. The molecule has 0 aliphatic heterocycles. The van der Waals surface area contributed by atoms with Gasteiger partial charge in [0.2, 0.25) is 0 Å². The van der Waals surface area contributed by atoms with Crippen LogP contribution in [0.3, 0.4) is 0 Å². The third-order valence-corrected chi connectivity index (χ3v) is 3.01. The van der Waals surface area contributed by atoms with E-state index in [9.17, 15) is 8.78 Å². The molecule has 0 bridgehead atoms. The molecule has 0 aliphatic carbocycles. The van der Waals surface area contributed by atoms with Gasteiger partial charge in [-0.05, 0) is 29.3 Å². The lowest BCUT2D eigenvalue weighted by atomic mass is 10.1. The molecule has 0 fully saturated rings. The Balaban J connectivity index is 2.85. The van der Waals surface area contributed by atoms with Crippen LogP contribution >= 0.6 is 11.3 Å². The molecule has 2 aromatic rings. The van der Waals surface area contributed by atoms with Crippen molar-refractivity contribution in [2.45, 2.75) is 13.3 Å². The van der Waals surface area contributed by atoms with Crippen molar-refractivity contribution >= 4 is 21.4 Å². The van der Waals surface area contributed by atoms with Crippen molar-refractivity contribution < 1.29 is 8.78 Å². The van der Waals surface area contributed by atoms with E-state index in [1.807, 2.05) is 0 Å². The molecule has 2 rings (SSSR count). The molecule has 3 heteroatoms. The predicted octanol–water partition coefficient (Wildman–Crippen LogP) is 3.74. The van der Waals surface area contributed by atoms with E-state index < -0.39 is 11.6 Å². The standard InChI is InChI=1S/C10H8F2S/c1-2-7-8(11)5-6-3-4-13-10(6)9(7)12/h3-5H,2H2,1H3. The summed E-state index contributed by atoms with van der Waals surface area (Å²) in [6, 6.07) is 3.12. The van der Waals surface area contributed by atoms with Gasteiger partial charge in [0.25, 0.3) is 0 Å². The monoisotopic (exact) mass is 198 g/mol. The van der Waals surface area contributed by atoms with Crippen LogP contribution in [-0.4, -0.2) is 0 Å². The Hall–Kier alpha value is -0.960. The van der Waals surface area contributed by atoms with Crippen LogP contribution in [0.25, 0.3) is 10.1 Å². The van der Waals surface area contributed by atoms with Crippen LogP contribution in [0.2, 0.25) is 0 Å². The number of hydrogen-bond acceptors (Lipinski definition) is 1. The summed E-state index contributed by atoms with van der Waals surface area (Å²) in [7, 11) is 0. The first-order chi connectivity index (χ1) is 6.24. The molecule has 13 heavy (non-hydrogen) atoms. The van der Waals surface area contributed by atoms with Gasteiger partial charge in [-0.3, -0.25) is 0 Å². The van der Waals surface area contributed by atoms with Gasteiger partial charge in [0.05, 0.1) is 4.70 Å². The van der Waals surface area contributed by atoms with Gasteiger partial charge in [0.1, 0.15) is 11.6 Å². The Kier molecular flexibility index (Phi) is 2.04. The van der Waals surface area contributed by atoms with Crippen LogP contribution in [-0.2, 0) is 6.42 Å². The molecule has 0 spiro atoms. The van der Waals surface area contributed by atoms with E-state index in [0.717, 1.165) is 0 Å². The maximum Gasteiger partial charge on any atom is 0.147 e. The van der Waals surface area contributed by atoms with E-state index in [0.29, 0.717) is 16.5 Å². The van der Waals surface area contributed by atoms with Crippen LogP contribution in [0.1, 0.15) is 12.5 Å². The maximum atomic E-state index is 13.5. The quantitative estimate of drug-likeness (QED) is 0.654. The van der Waals surface area contributed by atoms with Gasteiger partial charge in [0, 0.05) is 5.56 Å². The van der Waals surface area contributed by atoms with Crippen molar-refractivity contribution in [1.29, 1.82) is 0 Å². The van der Waals surface area contributed by atoms with Crippen molar-refractivity contribution in [3.8, 4) is 0 Å². The van der Waals surface area contributed by atoms with Gasteiger partial charge >= 0.3 is 0 Å². The van der Waals surface area contributed by atoms with Gasteiger partial charge in [-0.15, -0.1) is 11.3 Å². The fourth-order valence-electron chi connectivity index (χ4n) is 1.40. The summed E-state index contributed by atoms with van der Waals surface area (Å²) in [5.41, 5.74) is 0.190. The molecule has 0 radical (unpaired) electrons. The van der Waals surface area contributed by atoms with E-state index in [1.165, 1.54) is 17.4 Å². The van der Waals surface area contributed by atoms with Crippen molar-refractivity contribution in [3.63, 3.8) is 0 Å². The molecule has 0 amide bonds. The molecule has 0 saturated carbocycles. The van der Waals surface area contributed by atoms with E-state index in [2.05, 4.69) is 0 Å². The van der Waals surface area contributed by atoms with E-state index >= 15 is 0 Å². The van der Waals surface area contributed by atoms with Crippen LogP contribution in [0.5, 0.6) is 0 Å². The molecule has 1 heterocycles. The van der Waals surface area contributed by atoms with E-state index in [1.54, 1.807) is 18.4 Å². The lowest BCUT2D eigenvalue weighted by Crippen LogP contribution is -1.92. The van der Waals surface area contributed by atoms with Gasteiger partial charge in [-0.25, -0.2) is 8.78 Å². The zero-order chi connectivity index (χ0) is 9.42. The van der Waals surface area contributed by atoms with Gasteiger partial charge < -0.3 is 0 Å². The average molecular weight is 198 g/mol. The highest BCUT2D eigenvalue weighted by Gasteiger charge is 2.12. The van der Waals surface area contributed by atoms with Crippen LogP contribution in [0, 0.1) is 11.6 Å². The largest absolute Gasteiger partial charge is 0.207 e. The number of benzene rings is 1. The third-order valence-electron chi connectivity index (χ3n) is 2.08. The van der Waals surface area contributed by atoms with Crippen LogP contribution in [0.4, 0.5) is 8.78 Å². The summed E-state index contributed by atoms with van der Waals surface area (Å²) >= 11 is 1.31. The summed E-state index contributed by atoms with van der Waals surface area (Å²) in [5.74, 6) is -0.835. The molecule has 0 nitrogen and oxygen atoms in total. The molecule has 0 saturated heterocycles. The molecule has 0 aliphatic rings. The number of rotatable bonds is 1. The van der Waals surface area contributed by atoms with E-state index in [-0.39, 0.29) is 5.56 Å². The summed E-state index contributed by atoms with van der Waals surface area (Å²) in [6.45, 7) is 1.75. The Morgan fingerprint density at radius 2 is 2.15 bits per heavy atom. The Labute approximate surface area is 78.8 Å². The summed E-state index contributed by atoms with van der Waals surface area (Å²) < 4.78 is 27.3. The highest BCUT2D eigenvalue weighted by Crippen LogP contribution is 2.28. The second-order valence-corrected chi connectivity index (χ2v) is 3.76. The lowest BCUT2D eigenvalue weighted by Gasteiger charge is -2.02. The highest BCUT2D eigenvalue weighted by atomic mass is 32.1. The number of thiophene rings is 1. The predicted molar refractivity (Wildman–Crippen MR) is 51.1 cm³/mol. The summed E-state index contributed by atoms with van der Waals surface area (Å²) in [4.78, 5) is 0. The Morgan fingerprint density at radius 3 is 2.85 bits per heavy atom. The third kappa shape index (κ3) is 1.23. The topological polar surface area (TPSA) is 0 Å². The Morgan fingerprint density at radius 1 is 1.38 bits per heavy atom. The average Bonchev–Trinajstić information content (AvgIpc) is 2.53. The molecule has 1 aromatic carbocycles. The van der Waals surface area contributed by atoms with Crippen molar-refractivity contribution in [2.24, 2.45) is 0 Å². The normalized spacial score (nSPS) is 11.0. The van der Waals surface area contributed by atoms with E-state index in [4.69, 9.17) is 0 Å². The van der Waals surface area contributed by atoms with Crippen molar-refractivity contribution in [2.75, 3.05) is 0 Å². The number of halogens is 2. The lowest BCUT2D eigenvalue weighted by molar-refractivity contribution is 0.569.